The average Bonchev–Trinajstić information content (AvgIpc) is 2.48. The van der Waals surface area contributed by atoms with Crippen LogP contribution in [-0.4, -0.2) is 35.5 Å². The van der Waals surface area contributed by atoms with Gasteiger partial charge in [0.15, 0.2) is 0 Å². The number of phenols is 1. The minimum atomic E-state index is -0.393. The summed E-state index contributed by atoms with van der Waals surface area (Å²) in [5.74, 6) is 0.466. The van der Waals surface area contributed by atoms with Gasteiger partial charge in [-0.2, -0.15) is 0 Å². The summed E-state index contributed by atoms with van der Waals surface area (Å²) < 4.78 is 1.97. The zero-order valence-corrected chi connectivity index (χ0v) is 14.0. The summed E-state index contributed by atoms with van der Waals surface area (Å²) >= 11 is 5.76. The molecule has 120 valence electrons. The van der Waals surface area contributed by atoms with Gasteiger partial charge in [-0.15, -0.1) is 0 Å². The molecule has 0 aliphatic carbocycles. The van der Waals surface area contributed by atoms with E-state index in [1.807, 2.05) is 37.7 Å². The van der Waals surface area contributed by atoms with E-state index in [-0.39, 0.29) is 11.3 Å². The second-order valence-corrected chi connectivity index (χ2v) is 5.73. The van der Waals surface area contributed by atoms with E-state index in [9.17, 15) is 9.90 Å². The summed E-state index contributed by atoms with van der Waals surface area (Å²) in [5.41, 5.74) is 1.73. The third kappa shape index (κ3) is 4.47. The molecule has 0 aliphatic rings. The molecule has 1 amide bonds. The van der Waals surface area contributed by atoms with Crippen molar-refractivity contribution >= 4 is 34.7 Å². The van der Waals surface area contributed by atoms with Crippen LogP contribution in [0.1, 0.15) is 17.3 Å². The second-order valence-electron chi connectivity index (χ2n) is 5.30. The Kier molecular flexibility index (Phi) is 5.24. The summed E-state index contributed by atoms with van der Waals surface area (Å²) in [6.45, 7) is 1.97. The molecule has 0 aromatic heterocycles. The molecule has 0 unspecified atom stereocenters. The molecule has 0 saturated carbocycles. The number of hydrogen-bond donors (Lipinski definition) is 3. The van der Waals surface area contributed by atoms with Gasteiger partial charge in [-0.25, -0.2) is 5.32 Å². The largest absolute Gasteiger partial charge is 0.507 e. The maximum absolute atomic E-state index is 12.2. The van der Waals surface area contributed by atoms with Gasteiger partial charge in [0.05, 0.1) is 19.7 Å². The van der Waals surface area contributed by atoms with Gasteiger partial charge < -0.3 is 10.4 Å². The summed E-state index contributed by atoms with van der Waals surface area (Å²) in [6, 6.07) is 11.7. The lowest BCUT2D eigenvalue weighted by molar-refractivity contribution is -0.464. The van der Waals surface area contributed by atoms with Crippen molar-refractivity contribution in [2.45, 2.75) is 6.92 Å². The van der Waals surface area contributed by atoms with Gasteiger partial charge in [0, 0.05) is 17.6 Å². The topological polar surface area (TPSA) is 64.4 Å². The molecule has 0 radical (unpaired) electrons. The van der Waals surface area contributed by atoms with Gasteiger partial charge in [0.2, 0.25) is 5.84 Å². The molecule has 0 spiro atoms. The number of carbonyl (C=O) groups excluding carboxylic acids is 1. The highest BCUT2D eigenvalue weighted by atomic mass is 35.5. The molecule has 0 saturated heterocycles. The van der Waals surface area contributed by atoms with Crippen LogP contribution in [0.15, 0.2) is 42.5 Å². The minimum Gasteiger partial charge on any atom is -0.507 e. The Bertz CT molecular complexity index is 751. The summed E-state index contributed by atoms with van der Waals surface area (Å²) in [5, 5.41) is 16.1. The molecule has 0 heterocycles. The van der Waals surface area contributed by atoms with E-state index < -0.39 is 5.91 Å². The zero-order chi connectivity index (χ0) is 17.0. The van der Waals surface area contributed by atoms with Crippen LogP contribution >= 0.6 is 11.6 Å². The molecule has 0 atom stereocenters. The molecule has 2 aromatic carbocycles. The molecular weight excluding hydrogens is 314 g/mol. The highest BCUT2D eigenvalue weighted by Crippen LogP contribution is 2.23. The molecule has 0 bridgehead atoms. The van der Waals surface area contributed by atoms with Gasteiger partial charge in [0.1, 0.15) is 11.4 Å². The lowest BCUT2D eigenvalue weighted by atomic mass is 10.2. The van der Waals surface area contributed by atoms with Gasteiger partial charge in [-0.1, -0.05) is 11.6 Å². The number of halogens is 1. The second kappa shape index (κ2) is 7.15. The fourth-order valence-electron chi connectivity index (χ4n) is 1.85. The number of rotatable bonds is 3. The molecule has 23 heavy (non-hydrogen) atoms. The number of amides is 1. The van der Waals surface area contributed by atoms with Crippen molar-refractivity contribution in [2.75, 3.05) is 24.7 Å². The molecule has 0 aliphatic heterocycles. The van der Waals surface area contributed by atoms with Gasteiger partial charge >= 0.3 is 0 Å². The quantitative estimate of drug-likeness (QED) is 0.458. The third-order valence-electron chi connectivity index (χ3n) is 3.34. The van der Waals surface area contributed by atoms with Crippen molar-refractivity contribution in [2.24, 2.45) is 0 Å². The highest BCUT2D eigenvalue weighted by Gasteiger charge is 2.12. The van der Waals surface area contributed by atoms with E-state index in [0.717, 1.165) is 11.5 Å². The van der Waals surface area contributed by atoms with Crippen molar-refractivity contribution < 1.29 is 14.5 Å². The van der Waals surface area contributed by atoms with Crippen molar-refractivity contribution in [3.63, 3.8) is 0 Å². The maximum atomic E-state index is 12.2. The summed E-state index contributed by atoms with van der Waals surface area (Å²) in [6.07, 6.45) is 0. The van der Waals surface area contributed by atoms with E-state index in [0.29, 0.717) is 10.7 Å². The standard InChI is InChI=1S/C17H18ClN3O2/c1-11(21(2)3)19-13-5-7-14(8-6-13)20-17(23)15-9-4-12(18)10-16(15)22/h4-10H,1-3H3,(H2,20,22,23)/p+1. The summed E-state index contributed by atoms with van der Waals surface area (Å²) in [7, 11) is 3.91. The van der Waals surface area contributed by atoms with Crippen LogP contribution in [-0.2, 0) is 0 Å². The summed E-state index contributed by atoms with van der Waals surface area (Å²) in [4.78, 5) is 12.2. The Morgan fingerprint density at radius 2 is 1.61 bits per heavy atom. The molecule has 2 aromatic rings. The van der Waals surface area contributed by atoms with E-state index >= 15 is 0 Å². The van der Waals surface area contributed by atoms with E-state index in [1.54, 1.807) is 18.2 Å². The number of amidine groups is 1. The van der Waals surface area contributed by atoms with Crippen molar-refractivity contribution in [1.82, 2.24) is 0 Å². The maximum Gasteiger partial charge on any atom is 0.259 e. The van der Waals surface area contributed by atoms with Crippen LogP contribution in [0, 0.1) is 0 Å². The molecule has 5 nitrogen and oxygen atoms in total. The van der Waals surface area contributed by atoms with Crippen LogP contribution in [0.25, 0.3) is 0 Å². The van der Waals surface area contributed by atoms with Crippen LogP contribution in [0.3, 0.4) is 0 Å². The first-order valence-corrected chi connectivity index (χ1v) is 7.42. The SMILES string of the molecule is CC(Nc1ccc(NC(=O)c2ccc(Cl)cc2O)cc1)=[N+](C)C. The molecular formula is C17H19ClN3O2+. The number of nitrogens with one attached hydrogen (secondary N) is 2. The first-order valence-electron chi connectivity index (χ1n) is 7.04. The number of hydrogen-bond acceptors (Lipinski definition) is 2. The van der Waals surface area contributed by atoms with E-state index in [4.69, 9.17) is 11.6 Å². The minimum absolute atomic E-state index is 0.149. The van der Waals surface area contributed by atoms with E-state index in [2.05, 4.69) is 10.6 Å². The first-order chi connectivity index (χ1) is 10.9. The number of nitrogens with zero attached hydrogens (tertiary/aromatic N) is 1. The monoisotopic (exact) mass is 332 g/mol. The van der Waals surface area contributed by atoms with E-state index in [1.165, 1.54) is 12.1 Å². The molecule has 3 N–H and O–H groups in total. The Morgan fingerprint density at radius 1 is 1.04 bits per heavy atom. The molecule has 0 fully saturated rings. The normalized spacial score (nSPS) is 10.1. The number of carbonyl (C=O) groups is 1. The predicted octanol–water partition coefficient (Wildman–Crippen LogP) is 3.40. The van der Waals surface area contributed by atoms with Crippen molar-refractivity contribution in [3.05, 3.63) is 53.1 Å². The number of anilines is 2. The fourth-order valence-corrected chi connectivity index (χ4v) is 2.02. The Labute approximate surface area is 140 Å². The van der Waals surface area contributed by atoms with Crippen LogP contribution in [0.4, 0.5) is 11.4 Å². The third-order valence-corrected chi connectivity index (χ3v) is 3.58. The Morgan fingerprint density at radius 3 is 2.13 bits per heavy atom. The number of phenolic OH excluding ortho intramolecular Hbond substituents is 1. The number of benzene rings is 2. The highest BCUT2D eigenvalue weighted by molar-refractivity contribution is 6.31. The average molecular weight is 333 g/mol. The molecule has 6 heteroatoms. The first kappa shape index (κ1) is 16.8. The zero-order valence-electron chi connectivity index (χ0n) is 13.2. The van der Waals surface area contributed by atoms with Gasteiger partial charge in [-0.3, -0.25) is 9.37 Å². The fraction of sp³-hybridized carbons (Fsp3) is 0.176. The van der Waals surface area contributed by atoms with Crippen molar-refractivity contribution in [1.29, 1.82) is 0 Å². The van der Waals surface area contributed by atoms with Crippen LogP contribution in [0.5, 0.6) is 5.75 Å². The lowest BCUT2D eigenvalue weighted by Crippen LogP contribution is -2.18. The molecule has 2 rings (SSSR count). The van der Waals surface area contributed by atoms with Crippen LogP contribution in [0.2, 0.25) is 5.02 Å². The predicted molar refractivity (Wildman–Crippen MR) is 93.9 cm³/mol. The smallest absolute Gasteiger partial charge is 0.259 e. The van der Waals surface area contributed by atoms with Gasteiger partial charge in [-0.05, 0) is 42.5 Å². The van der Waals surface area contributed by atoms with Crippen LogP contribution < -0.4 is 10.6 Å². The Balaban J connectivity index is 2.09. The number of aromatic hydroxyl groups is 1. The lowest BCUT2D eigenvalue weighted by Gasteiger charge is -2.08. The van der Waals surface area contributed by atoms with Gasteiger partial charge in [0.25, 0.3) is 5.91 Å². The Hall–Kier alpha value is -2.53. The van der Waals surface area contributed by atoms with Crippen molar-refractivity contribution in [3.8, 4) is 5.75 Å².